The predicted octanol–water partition coefficient (Wildman–Crippen LogP) is 1.74. The monoisotopic (exact) mass is 317 g/mol. The Hall–Kier alpha value is -2.15. The van der Waals surface area contributed by atoms with Gasteiger partial charge in [-0.1, -0.05) is 18.3 Å². The third-order valence-electron chi connectivity index (χ3n) is 2.99. The van der Waals surface area contributed by atoms with Gasteiger partial charge in [0.1, 0.15) is 5.01 Å². The van der Waals surface area contributed by atoms with E-state index in [-0.39, 0.29) is 10.8 Å². The van der Waals surface area contributed by atoms with Gasteiger partial charge in [0.2, 0.25) is 5.13 Å². The van der Waals surface area contributed by atoms with E-state index >= 15 is 0 Å². The Labute approximate surface area is 121 Å². The Bertz CT molecular complexity index is 660. The van der Waals surface area contributed by atoms with Crippen LogP contribution in [0.3, 0.4) is 0 Å². The van der Waals surface area contributed by atoms with Crippen LogP contribution in [0.25, 0.3) is 0 Å². The fourth-order valence-corrected chi connectivity index (χ4v) is 2.69. The maximum atomic E-state index is 13.5. The molecule has 1 aliphatic rings. The molecule has 1 amide bonds. The number of nitrogens with zero attached hydrogens (tertiary/aromatic N) is 3. The van der Waals surface area contributed by atoms with Gasteiger partial charge in [0, 0.05) is 5.70 Å². The molecule has 2 rings (SSSR count). The number of aryl methyl sites for hydroxylation is 1. The largest absolute Gasteiger partial charge is 0.425 e. The number of allylic oxidation sites excluding steroid dienone is 1. The highest BCUT2D eigenvalue weighted by Crippen LogP contribution is 2.43. The lowest BCUT2D eigenvalue weighted by molar-refractivity contribution is -0.174. The van der Waals surface area contributed by atoms with Gasteiger partial charge in [-0.3, -0.25) is 4.79 Å². The third-order valence-corrected chi connectivity index (χ3v) is 3.98. The molecule has 0 fully saturated rings. The van der Waals surface area contributed by atoms with Crippen LogP contribution in [0.15, 0.2) is 11.3 Å². The van der Waals surface area contributed by atoms with Crippen molar-refractivity contribution in [3.63, 3.8) is 0 Å². The summed E-state index contributed by atoms with van der Waals surface area (Å²) in [7, 11) is 0. The van der Waals surface area contributed by atoms with Crippen LogP contribution in [0.4, 0.5) is 18.3 Å². The maximum Gasteiger partial charge on any atom is 0.425 e. The van der Waals surface area contributed by atoms with Crippen molar-refractivity contribution in [3.05, 3.63) is 16.3 Å². The molecule has 0 aromatic carbocycles. The number of aromatic nitrogens is 2. The minimum absolute atomic E-state index is 0.132. The third kappa shape index (κ3) is 2.23. The van der Waals surface area contributed by atoms with E-state index in [9.17, 15) is 18.0 Å². The lowest BCUT2D eigenvalue weighted by atomic mass is 9.90. The minimum atomic E-state index is -5.00. The maximum absolute atomic E-state index is 13.5. The smallest absolute Gasteiger partial charge is 0.334 e. The summed E-state index contributed by atoms with van der Waals surface area (Å²) in [6, 6.07) is 1.45. The Kier molecular flexibility index (Phi) is 3.63. The second kappa shape index (κ2) is 5.00. The second-order valence-corrected chi connectivity index (χ2v) is 5.36. The normalized spacial score (nSPS) is 22.2. The quantitative estimate of drug-likeness (QED) is 0.886. The van der Waals surface area contributed by atoms with E-state index in [2.05, 4.69) is 15.5 Å². The van der Waals surface area contributed by atoms with Crippen LogP contribution in [0.1, 0.15) is 18.9 Å². The Balaban J connectivity index is 2.54. The van der Waals surface area contributed by atoms with E-state index in [0.717, 1.165) is 11.3 Å². The number of anilines is 1. The van der Waals surface area contributed by atoms with Crippen molar-refractivity contribution >= 4 is 22.4 Å². The first-order valence-electron chi connectivity index (χ1n) is 5.86. The number of amides is 1. The lowest BCUT2D eigenvalue weighted by Gasteiger charge is -2.29. The SMILES string of the molecule is CCc1nnc(N[C@@]2(C(F)(F)F)C(=O)NC(C)=C2C#N)s1. The first-order valence-corrected chi connectivity index (χ1v) is 6.68. The van der Waals surface area contributed by atoms with Crippen molar-refractivity contribution in [2.45, 2.75) is 32.0 Å². The predicted molar refractivity (Wildman–Crippen MR) is 68.2 cm³/mol. The molecule has 1 aromatic rings. The lowest BCUT2D eigenvalue weighted by Crippen LogP contribution is -2.59. The van der Waals surface area contributed by atoms with E-state index in [0.29, 0.717) is 11.4 Å². The summed E-state index contributed by atoms with van der Waals surface area (Å²) >= 11 is 0.905. The molecule has 112 valence electrons. The first-order chi connectivity index (χ1) is 9.76. The van der Waals surface area contributed by atoms with E-state index < -0.39 is 23.2 Å². The Morgan fingerprint density at radius 1 is 1.48 bits per heavy atom. The topological polar surface area (TPSA) is 90.7 Å². The number of hydrogen-bond acceptors (Lipinski definition) is 6. The van der Waals surface area contributed by atoms with Gasteiger partial charge in [-0.15, -0.1) is 10.2 Å². The standard InChI is InChI=1S/C11H10F3N5OS/c1-3-7-18-19-9(21-7)17-10(11(12,13)14)6(4-15)5(2)16-8(10)20/h3H2,1-2H3,(H,16,20)(H,17,19)/t10-/m1/s1. The molecule has 1 atom stereocenters. The van der Waals surface area contributed by atoms with E-state index in [1.807, 2.05) is 5.32 Å². The van der Waals surface area contributed by atoms with Gasteiger partial charge in [0.05, 0.1) is 11.6 Å². The number of alkyl halides is 3. The number of rotatable bonds is 3. The van der Waals surface area contributed by atoms with Crippen molar-refractivity contribution in [2.75, 3.05) is 5.32 Å². The molecule has 0 radical (unpaired) electrons. The summed E-state index contributed by atoms with van der Waals surface area (Å²) < 4.78 is 40.5. The van der Waals surface area contributed by atoms with Crippen LogP contribution >= 0.6 is 11.3 Å². The first kappa shape index (κ1) is 15.2. The number of halogens is 3. The number of nitriles is 1. The highest BCUT2D eigenvalue weighted by Gasteiger charge is 2.67. The van der Waals surface area contributed by atoms with Gasteiger partial charge >= 0.3 is 6.18 Å². The zero-order valence-electron chi connectivity index (χ0n) is 11.0. The number of carbonyl (C=O) groups is 1. The van der Waals surface area contributed by atoms with Crippen molar-refractivity contribution < 1.29 is 18.0 Å². The molecule has 10 heteroatoms. The average Bonchev–Trinajstić information content (AvgIpc) is 2.93. The Morgan fingerprint density at radius 2 is 2.14 bits per heavy atom. The molecule has 0 saturated heterocycles. The molecule has 0 aliphatic carbocycles. The minimum Gasteiger partial charge on any atom is -0.334 e. The molecule has 0 unspecified atom stereocenters. The zero-order chi connectivity index (χ0) is 15.8. The van der Waals surface area contributed by atoms with Gasteiger partial charge < -0.3 is 10.6 Å². The number of carbonyl (C=O) groups excluding carboxylic acids is 1. The summed E-state index contributed by atoms with van der Waals surface area (Å²) in [5.41, 5.74) is -3.98. The average molecular weight is 317 g/mol. The summed E-state index contributed by atoms with van der Waals surface area (Å²) in [5.74, 6) is -1.35. The summed E-state index contributed by atoms with van der Waals surface area (Å²) in [6.07, 6.45) is -4.50. The van der Waals surface area contributed by atoms with Crippen LogP contribution in [0.2, 0.25) is 0 Å². The van der Waals surface area contributed by atoms with Crippen LogP contribution in [0, 0.1) is 11.3 Å². The summed E-state index contributed by atoms with van der Waals surface area (Å²) in [4.78, 5) is 11.9. The van der Waals surface area contributed by atoms with Crippen LogP contribution in [-0.4, -0.2) is 27.8 Å². The fourth-order valence-electron chi connectivity index (χ4n) is 1.96. The van der Waals surface area contributed by atoms with Crippen molar-refractivity contribution in [1.29, 1.82) is 5.26 Å². The highest BCUT2D eigenvalue weighted by atomic mass is 32.1. The van der Waals surface area contributed by atoms with Gasteiger partial charge in [-0.05, 0) is 13.3 Å². The number of nitrogens with one attached hydrogen (secondary N) is 2. The molecule has 6 nitrogen and oxygen atoms in total. The molecular formula is C11H10F3N5OS. The fraction of sp³-hybridized carbons (Fsp3) is 0.455. The van der Waals surface area contributed by atoms with E-state index in [1.165, 1.54) is 13.0 Å². The molecule has 1 aromatic heterocycles. The van der Waals surface area contributed by atoms with Crippen molar-refractivity contribution in [1.82, 2.24) is 15.5 Å². The van der Waals surface area contributed by atoms with Crippen molar-refractivity contribution in [2.24, 2.45) is 0 Å². The molecule has 0 saturated carbocycles. The van der Waals surface area contributed by atoms with Crippen molar-refractivity contribution in [3.8, 4) is 6.07 Å². The van der Waals surface area contributed by atoms with Crippen LogP contribution < -0.4 is 10.6 Å². The Morgan fingerprint density at radius 3 is 2.62 bits per heavy atom. The number of hydrogen-bond donors (Lipinski definition) is 2. The molecule has 2 heterocycles. The molecular weight excluding hydrogens is 307 g/mol. The van der Waals surface area contributed by atoms with Gasteiger partial charge in [-0.2, -0.15) is 18.4 Å². The molecule has 0 spiro atoms. The summed E-state index contributed by atoms with van der Waals surface area (Å²) in [6.45, 7) is 3.01. The second-order valence-electron chi connectivity index (χ2n) is 4.29. The van der Waals surface area contributed by atoms with Crippen LogP contribution in [0.5, 0.6) is 0 Å². The van der Waals surface area contributed by atoms with Gasteiger partial charge in [0.25, 0.3) is 11.4 Å². The van der Waals surface area contributed by atoms with Gasteiger partial charge in [-0.25, -0.2) is 0 Å². The van der Waals surface area contributed by atoms with Gasteiger partial charge in [0.15, 0.2) is 0 Å². The molecule has 21 heavy (non-hydrogen) atoms. The highest BCUT2D eigenvalue weighted by molar-refractivity contribution is 7.15. The van der Waals surface area contributed by atoms with E-state index in [1.54, 1.807) is 6.92 Å². The zero-order valence-corrected chi connectivity index (χ0v) is 11.8. The van der Waals surface area contributed by atoms with Crippen LogP contribution in [-0.2, 0) is 11.2 Å². The molecule has 2 N–H and O–H groups in total. The van der Waals surface area contributed by atoms with E-state index in [4.69, 9.17) is 5.26 Å². The molecule has 1 aliphatic heterocycles. The molecule has 0 bridgehead atoms. The summed E-state index contributed by atoms with van der Waals surface area (Å²) in [5, 5.41) is 20.7.